The molecular formula is C14H14O2S. The highest BCUT2D eigenvalue weighted by atomic mass is 32.1. The molecule has 0 unspecified atom stereocenters. The quantitative estimate of drug-likeness (QED) is 0.879. The summed E-state index contributed by atoms with van der Waals surface area (Å²) in [5.74, 6) is -0.601. The van der Waals surface area contributed by atoms with E-state index < -0.39 is 5.97 Å². The average Bonchev–Trinajstić information content (AvgIpc) is 2.75. The zero-order chi connectivity index (χ0) is 12.4. The highest BCUT2D eigenvalue weighted by molar-refractivity contribution is 7.16. The molecule has 0 saturated carbocycles. The van der Waals surface area contributed by atoms with Crippen LogP contribution in [0.15, 0.2) is 36.4 Å². The van der Waals surface area contributed by atoms with E-state index in [1.807, 2.05) is 44.2 Å². The molecule has 0 saturated heterocycles. The molecule has 1 aromatic heterocycles. The van der Waals surface area contributed by atoms with Crippen LogP contribution in [0.1, 0.15) is 35.0 Å². The average molecular weight is 246 g/mol. The van der Waals surface area contributed by atoms with Crippen LogP contribution < -0.4 is 0 Å². The Hall–Kier alpha value is -1.61. The van der Waals surface area contributed by atoms with Crippen LogP contribution in [0, 0.1) is 0 Å². The normalized spacial score (nSPS) is 10.8. The Morgan fingerprint density at radius 2 is 1.88 bits per heavy atom. The van der Waals surface area contributed by atoms with Gasteiger partial charge in [-0.15, -0.1) is 11.3 Å². The van der Waals surface area contributed by atoms with E-state index in [2.05, 4.69) is 0 Å². The van der Waals surface area contributed by atoms with Gasteiger partial charge in [-0.1, -0.05) is 44.2 Å². The van der Waals surface area contributed by atoms with E-state index in [9.17, 15) is 9.90 Å². The van der Waals surface area contributed by atoms with E-state index in [-0.39, 0.29) is 5.92 Å². The van der Waals surface area contributed by atoms with Gasteiger partial charge in [-0.2, -0.15) is 0 Å². The smallest absolute Gasteiger partial charge is 0.336 e. The van der Waals surface area contributed by atoms with Gasteiger partial charge in [-0.3, -0.25) is 0 Å². The maximum absolute atomic E-state index is 11.2. The molecule has 1 aromatic carbocycles. The molecule has 0 radical (unpaired) electrons. The van der Waals surface area contributed by atoms with Gasteiger partial charge in [0.05, 0.1) is 5.56 Å². The predicted octanol–water partition coefficient (Wildman–Crippen LogP) is 4.24. The maximum atomic E-state index is 11.2. The first-order valence-electron chi connectivity index (χ1n) is 5.52. The number of rotatable bonds is 3. The number of benzene rings is 1. The molecule has 0 aliphatic heterocycles. The first-order valence-corrected chi connectivity index (χ1v) is 6.33. The molecule has 88 valence electrons. The van der Waals surface area contributed by atoms with Crippen LogP contribution in [0.3, 0.4) is 0 Å². The minimum absolute atomic E-state index is 0.239. The van der Waals surface area contributed by atoms with Crippen LogP contribution in [0.4, 0.5) is 0 Å². The lowest BCUT2D eigenvalue weighted by atomic mass is 10.1. The van der Waals surface area contributed by atoms with E-state index in [1.165, 1.54) is 0 Å². The van der Waals surface area contributed by atoms with Crippen LogP contribution in [0.2, 0.25) is 0 Å². The van der Waals surface area contributed by atoms with E-state index in [0.29, 0.717) is 5.56 Å². The van der Waals surface area contributed by atoms with Gasteiger partial charge < -0.3 is 5.11 Å². The number of thiophene rings is 1. The molecule has 0 amide bonds. The summed E-state index contributed by atoms with van der Waals surface area (Å²) >= 11 is 1.57. The van der Waals surface area contributed by atoms with E-state index in [0.717, 1.165) is 15.3 Å². The van der Waals surface area contributed by atoms with Gasteiger partial charge in [0.15, 0.2) is 0 Å². The molecule has 0 aliphatic carbocycles. The predicted molar refractivity (Wildman–Crippen MR) is 70.8 cm³/mol. The van der Waals surface area contributed by atoms with Gasteiger partial charge in [0, 0.05) is 9.75 Å². The summed E-state index contributed by atoms with van der Waals surface area (Å²) < 4.78 is 0. The molecule has 2 rings (SSSR count). The van der Waals surface area contributed by atoms with Crippen LogP contribution in [-0.4, -0.2) is 11.1 Å². The summed E-state index contributed by atoms with van der Waals surface area (Å²) in [6, 6.07) is 11.7. The Balaban J connectivity index is 2.51. The molecule has 1 N–H and O–H groups in total. The molecular weight excluding hydrogens is 232 g/mol. The van der Waals surface area contributed by atoms with Crippen molar-refractivity contribution >= 4 is 17.3 Å². The highest BCUT2D eigenvalue weighted by Crippen LogP contribution is 2.35. The Labute approximate surface area is 105 Å². The largest absolute Gasteiger partial charge is 0.478 e. The summed E-state index contributed by atoms with van der Waals surface area (Å²) in [6.07, 6.45) is 0. The fourth-order valence-electron chi connectivity index (χ4n) is 1.75. The Morgan fingerprint density at radius 3 is 2.35 bits per heavy atom. The Bertz CT molecular complexity index is 526. The third kappa shape index (κ3) is 2.39. The maximum Gasteiger partial charge on any atom is 0.336 e. The van der Waals surface area contributed by atoms with Gasteiger partial charge in [-0.05, 0) is 17.5 Å². The lowest BCUT2D eigenvalue weighted by molar-refractivity contribution is 0.0696. The summed E-state index contributed by atoms with van der Waals surface area (Å²) in [6.45, 7) is 4.04. The molecule has 1 heterocycles. The molecule has 0 fully saturated rings. The minimum Gasteiger partial charge on any atom is -0.478 e. The second-order valence-electron chi connectivity index (χ2n) is 4.21. The third-order valence-electron chi connectivity index (χ3n) is 2.57. The fraction of sp³-hybridized carbons (Fsp3) is 0.214. The first-order chi connectivity index (χ1) is 8.09. The van der Waals surface area contributed by atoms with Crippen molar-refractivity contribution in [3.05, 3.63) is 46.8 Å². The standard InChI is InChI=1S/C14H14O2S/c1-9(2)13-11(14(15)16)8-12(17-13)10-6-4-3-5-7-10/h3-9H,1-2H3,(H,15,16). The van der Waals surface area contributed by atoms with Crippen LogP contribution in [0.5, 0.6) is 0 Å². The van der Waals surface area contributed by atoms with Crippen molar-refractivity contribution in [2.75, 3.05) is 0 Å². The lowest BCUT2D eigenvalue weighted by Crippen LogP contribution is -1.98. The molecule has 2 aromatic rings. The van der Waals surface area contributed by atoms with Gasteiger partial charge in [0.25, 0.3) is 0 Å². The lowest BCUT2D eigenvalue weighted by Gasteiger charge is -2.01. The monoisotopic (exact) mass is 246 g/mol. The topological polar surface area (TPSA) is 37.3 Å². The first kappa shape index (κ1) is 11.9. The van der Waals surface area contributed by atoms with Crippen molar-refractivity contribution < 1.29 is 9.90 Å². The Morgan fingerprint density at radius 1 is 1.24 bits per heavy atom. The Kier molecular flexibility index (Phi) is 3.29. The number of carboxylic acid groups (broad SMARTS) is 1. The van der Waals surface area contributed by atoms with Crippen LogP contribution >= 0.6 is 11.3 Å². The molecule has 0 bridgehead atoms. The highest BCUT2D eigenvalue weighted by Gasteiger charge is 2.17. The van der Waals surface area contributed by atoms with E-state index in [4.69, 9.17) is 0 Å². The van der Waals surface area contributed by atoms with Crippen LogP contribution in [0.25, 0.3) is 10.4 Å². The second-order valence-corrected chi connectivity index (χ2v) is 5.30. The molecule has 0 atom stereocenters. The molecule has 0 spiro atoms. The molecule has 0 aliphatic rings. The van der Waals surface area contributed by atoms with Crippen LogP contribution in [-0.2, 0) is 0 Å². The number of carbonyl (C=O) groups is 1. The van der Waals surface area contributed by atoms with E-state index in [1.54, 1.807) is 17.4 Å². The zero-order valence-corrected chi connectivity index (χ0v) is 10.6. The zero-order valence-electron chi connectivity index (χ0n) is 9.81. The summed E-state index contributed by atoms with van der Waals surface area (Å²) in [5.41, 5.74) is 1.51. The van der Waals surface area contributed by atoms with Gasteiger partial charge in [-0.25, -0.2) is 4.79 Å². The summed E-state index contributed by atoms with van der Waals surface area (Å²) in [4.78, 5) is 13.1. The van der Waals surface area contributed by atoms with Gasteiger partial charge >= 0.3 is 5.97 Å². The number of aromatic carboxylic acids is 1. The van der Waals surface area contributed by atoms with Crippen molar-refractivity contribution in [1.29, 1.82) is 0 Å². The van der Waals surface area contributed by atoms with Crippen molar-refractivity contribution in [3.63, 3.8) is 0 Å². The number of hydrogen-bond donors (Lipinski definition) is 1. The summed E-state index contributed by atoms with van der Waals surface area (Å²) in [7, 11) is 0. The van der Waals surface area contributed by atoms with Crippen molar-refractivity contribution in [3.8, 4) is 10.4 Å². The van der Waals surface area contributed by atoms with Crippen molar-refractivity contribution in [1.82, 2.24) is 0 Å². The second kappa shape index (κ2) is 4.72. The van der Waals surface area contributed by atoms with Crippen molar-refractivity contribution in [2.45, 2.75) is 19.8 Å². The molecule has 2 nitrogen and oxygen atoms in total. The van der Waals surface area contributed by atoms with Gasteiger partial charge in [0.2, 0.25) is 0 Å². The molecule has 17 heavy (non-hydrogen) atoms. The van der Waals surface area contributed by atoms with Gasteiger partial charge in [0.1, 0.15) is 0 Å². The number of hydrogen-bond acceptors (Lipinski definition) is 2. The number of carboxylic acids is 1. The minimum atomic E-state index is -0.841. The van der Waals surface area contributed by atoms with Crippen molar-refractivity contribution in [2.24, 2.45) is 0 Å². The molecule has 3 heteroatoms. The summed E-state index contributed by atoms with van der Waals surface area (Å²) in [5, 5.41) is 9.18. The fourth-order valence-corrected chi connectivity index (χ4v) is 2.91. The SMILES string of the molecule is CC(C)c1sc(-c2ccccc2)cc1C(=O)O. The van der Waals surface area contributed by atoms with E-state index >= 15 is 0 Å². The third-order valence-corrected chi connectivity index (χ3v) is 4.06.